The summed E-state index contributed by atoms with van der Waals surface area (Å²) in [7, 11) is 0. The molecule has 2 atom stereocenters. The van der Waals surface area contributed by atoms with Gasteiger partial charge in [0.25, 0.3) is 0 Å². The lowest BCUT2D eigenvalue weighted by Crippen LogP contribution is -2.21. The summed E-state index contributed by atoms with van der Waals surface area (Å²) in [6.45, 7) is 2.23. The highest BCUT2D eigenvalue weighted by molar-refractivity contribution is 5.95. The summed E-state index contributed by atoms with van der Waals surface area (Å²) in [6.07, 6.45) is 1.78. The van der Waals surface area contributed by atoms with Gasteiger partial charge in [0.1, 0.15) is 0 Å². The zero-order valence-electron chi connectivity index (χ0n) is 15.1. The molecule has 0 radical (unpaired) electrons. The van der Waals surface area contributed by atoms with Crippen LogP contribution in [0.4, 0.5) is 5.69 Å². The van der Waals surface area contributed by atoms with Crippen LogP contribution in [-0.2, 0) is 4.79 Å². The van der Waals surface area contributed by atoms with Gasteiger partial charge in [0.15, 0.2) is 0 Å². The first-order valence-electron chi connectivity index (χ1n) is 9.20. The Balaban J connectivity index is 1.72. The van der Waals surface area contributed by atoms with Crippen LogP contribution >= 0.6 is 0 Å². The molecule has 0 aliphatic heterocycles. The van der Waals surface area contributed by atoms with Gasteiger partial charge in [-0.15, -0.1) is 0 Å². The molecule has 0 aliphatic carbocycles. The molecule has 0 saturated heterocycles. The lowest BCUT2D eigenvalue weighted by molar-refractivity contribution is -0.117. The maximum Gasteiger partial charge on any atom is 0.231 e. The molecule has 0 spiro atoms. The molecular formula is C24H25NO. The van der Waals surface area contributed by atoms with Crippen molar-refractivity contribution in [2.45, 2.75) is 31.6 Å². The van der Waals surface area contributed by atoms with Gasteiger partial charge < -0.3 is 5.32 Å². The molecule has 3 rings (SSSR count). The van der Waals surface area contributed by atoms with E-state index in [4.69, 9.17) is 0 Å². The summed E-state index contributed by atoms with van der Waals surface area (Å²) in [5.74, 6) is 0.331. The molecule has 2 nitrogen and oxygen atoms in total. The first-order chi connectivity index (χ1) is 12.7. The zero-order chi connectivity index (χ0) is 18.2. The molecule has 1 unspecified atom stereocenters. The molecule has 0 fully saturated rings. The average Bonchev–Trinajstić information content (AvgIpc) is 2.70. The fourth-order valence-electron chi connectivity index (χ4n) is 3.25. The number of anilines is 1. The smallest absolute Gasteiger partial charge is 0.231 e. The van der Waals surface area contributed by atoms with Crippen LogP contribution in [0.3, 0.4) is 0 Å². The van der Waals surface area contributed by atoms with E-state index in [-0.39, 0.29) is 11.8 Å². The molecule has 0 aliphatic rings. The Morgan fingerprint density at radius 2 is 1.23 bits per heavy atom. The van der Waals surface area contributed by atoms with Crippen LogP contribution in [0.1, 0.15) is 42.7 Å². The van der Waals surface area contributed by atoms with Crippen LogP contribution in [-0.4, -0.2) is 5.91 Å². The predicted octanol–water partition coefficient (Wildman–Crippen LogP) is 5.99. The van der Waals surface area contributed by atoms with E-state index >= 15 is 0 Å². The van der Waals surface area contributed by atoms with Crippen LogP contribution in [0.25, 0.3) is 0 Å². The lowest BCUT2D eigenvalue weighted by Gasteiger charge is -2.20. The third-order valence-electron chi connectivity index (χ3n) is 4.82. The number of carbonyl (C=O) groups excluding carboxylic acids is 1. The number of rotatable bonds is 7. The Morgan fingerprint density at radius 1 is 0.731 bits per heavy atom. The summed E-state index contributed by atoms with van der Waals surface area (Å²) in [4.78, 5) is 13.0. The van der Waals surface area contributed by atoms with Gasteiger partial charge in [-0.05, 0) is 42.0 Å². The van der Waals surface area contributed by atoms with Crippen molar-refractivity contribution in [3.8, 4) is 0 Å². The second-order valence-electron chi connectivity index (χ2n) is 6.71. The minimum atomic E-state index is -0.150. The summed E-state index contributed by atoms with van der Waals surface area (Å²) in [6, 6.07) is 30.2. The number of hydrogen-bond donors (Lipinski definition) is 1. The monoisotopic (exact) mass is 343 g/mol. The lowest BCUT2D eigenvalue weighted by atomic mass is 9.87. The summed E-state index contributed by atoms with van der Waals surface area (Å²) in [5.41, 5.74) is 3.23. The summed E-state index contributed by atoms with van der Waals surface area (Å²) < 4.78 is 0. The largest absolute Gasteiger partial charge is 0.326 e. The maximum atomic E-state index is 13.0. The zero-order valence-corrected chi connectivity index (χ0v) is 15.1. The fraction of sp³-hybridized carbons (Fsp3) is 0.208. The van der Waals surface area contributed by atoms with Crippen LogP contribution in [0.2, 0.25) is 0 Å². The van der Waals surface area contributed by atoms with Gasteiger partial charge in [0.05, 0.1) is 5.92 Å². The van der Waals surface area contributed by atoms with Crippen molar-refractivity contribution in [1.29, 1.82) is 0 Å². The molecule has 132 valence electrons. The van der Waals surface area contributed by atoms with Crippen LogP contribution in [0.5, 0.6) is 0 Å². The molecular weight excluding hydrogens is 318 g/mol. The Labute approximate surface area is 155 Å². The van der Waals surface area contributed by atoms with E-state index in [1.165, 1.54) is 5.56 Å². The van der Waals surface area contributed by atoms with E-state index in [1.807, 2.05) is 66.7 Å². The van der Waals surface area contributed by atoms with Crippen molar-refractivity contribution in [3.63, 3.8) is 0 Å². The van der Waals surface area contributed by atoms with Crippen LogP contribution in [0, 0.1) is 0 Å². The average molecular weight is 343 g/mol. The topological polar surface area (TPSA) is 29.1 Å². The minimum absolute atomic E-state index is 0.0580. The van der Waals surface area contributed by atoms with Gasteiger partial charge >= 0.3 is 0 Å². The highest BCUT2D eigenvalue weighted by Crippen LogP contribution is 2.29. The molecule has 0 bridgehead atoms. The number of hydrogen-bond acceptors (Lipinski definition) is 1. The van der Waals surface area contributed by atoms with E-state index in [0.717, 1.165) is 24.1 Å². The number of carbonyl (C=O) groups is 1. The van der Waals surface area contributed by atoms with E-state index in [0.29, 0.717) is 5.92 Å². The van der Waals surface area contributed by atoms with Gasteiger partial charge in [-0.2, -0.15) is 0 Å². The standard InChI is InChI=1S/C24H25NO/c1-19(20-11-5-2-6-12-20)17-18-23(21-13-7-3-8-14-21)24(26)25-22-15-9-4-10-16-22/h2-16,19,23H,17-18H2,1H3,(H,25,26)/t19?,23-/m1/s1. The third kappa shape index (κ3) is 4.82. The van der Waals surface area contributed by atoms with Gasteiger partial charge in [-0.25, -0.2) is 0 Å². The van der Waals surface area contributed by atoms with Crippen LogP contribution in [0.15, 0.2) is 91.0 Å². The Hall–Kier alpha value is -2.87. The third-order valence-corrected chi connectivity index (χ3v) is 4.82. The predicted molar refractivity (Wildman–Crippen MR) is 108 cm³/mol. The minimum Gasteiger partial charge on any atom is -0.326 e. The van der Waals surface area contributed by atoms with Crippen molar-refractivity contribution in [2.75, 3.05) is 5.32 Å². The second kappa shape index (κ2) is 9.00. The van der Waals surface area contributed by atoms with E-state index in [1.54, 1.807) is 0 Å². The van der Waals surface area contributed by atoms with E-state index < -0.39 is 0 Å². The van der Waals surface area contributed by atoms with Gasteiger partial charge in [-0.3, -0.25) is 4.79 Å². The molecule has 1 N–H and O–H groups in total. The summed E-state index contributed by atoms with van der Waals surface area (Å²) in [5, 5.41) is 3.07. The van der Waals surface area contributed by atoms with Crippen molar-refractivity contribution in [2.24, 2.45) is 0 Å². The highest BCUT2D eigenvalue weighted by atomic mass is 16.1. The molecule has 0 saturated carbocycles. The number of benzene rings is 3. The van der Waals surface area contributed by atoms with Gasteiger partial charge in [0, 0.05) is 5.69 Å². The Kier molecular flexibility index (Phi) is 6.21. The van der Waals surface area contributed by atoms with Crippen molar-refractivity contribution < 1.29 is 4.79 Å². The second-order valence-corrected chi connectivity index (χ2v) is 6.71. The van der Waals surface area contributed by atoms with Gasteiger partial charge in [0.2, 0.25) is 5.91 Å². The quantitative estimate of drug-likeness (QED) is 0.560. The number of para-hydroxylation sites is 1. The molecule has 0 heterocycles. The molecule has 3 aromatic carbocycles. The molecule has 3 aromatic rings. The normalized spacial score (nSPS) is 13.0. The van der Waals surface area contributed by atoms with Gasteiger partial charge in [-0.1, -0.05) is 85.8 Å². The molecule has 26 heavy (non-hydrogen) atoms. The number of amides is 1. The SMILES string of the molecule is CC(CC[C@@H](C(=O)Nc1ccccc1)c1ccccc1)c1ccccc1. The first kappa shape index (κ1) is 17.9. The van der Waals surface area contributed by atoms with E-state index in [2.05, 4.69) is 36.5 Å². The Bertz CT molecular complexity index is 799. The molecule has 2 heteroatoms. The van der Waals surface area contributed by atoms with Crippen LogP contribution < -0.4 is 5.32 Å². The Morgan fingerprint density at radius 3 is 1.81 bits per heavy atom. The molecule has 0 aromatic heterocycles. The summed E-state index contributed by atoms with van der Waals surface area (Å²) >= 11 is 0. The van der Waals surface area contributed by atoms with Crippen molar-refractivity contribution in [1.82, 2.24) is 0 Å². The highest BCUT2D eigenvalue weighted by Gasteiger charge is 2.21. The fourth-order valence-corrected chi connectivity index (χ4v) is 3.25. The maximum absolute atomic E-state index is 13.0. The first-order valence-corrected chi connectivity index (χ1v) is 9.20. The van der Waals surface area contributed by atoms with Crippen molar-refractivity contribution in [3.05, 3.63) is 102 Å². The molecule has 1 amide bonds. The van der Waals surface area contributed by atoms with Crippen molar-refractivity contribution >= 4 is 11.6 Å². The number of nitrogens with one attached hydrogen (secondary N) is 1. The van der Waals surface area contributed by atoms with E-state index in [9.17, 15) is 4.79 Å².